The number of ether oxygens (including phenoxy) is 2. The number of rotatable bonds is 4. The Labute approximate surface area is 89.7 Å². The third-order valence-corrected chi connectivity index (χ3v) is 2.45. The van der Waals surface area contributed by atoms with E-state index in [0.29, 0.717) is 6.42 Å². The molecule has 0 radical (unpaired) electrons. The van der Waals surface area contributed by atoms with Gasteiger partial charge in [0.15, 0.2) is 0 Å². The minimum atomic E-state index is -0.557. The number of allylic oxidation sites excluding steroid dienone is 3. The number of methoxy groups -OCH3 is 2. The molecule has 1 atom stereocenters. The summed E-state index contributed by atoms with van der Waals surface area (Å²) < 4.78 is 9.67. The van der Waals surface area contributed by atoms with Crippen LogP contribution in [0, 0.1) is 0 Å². The molecule has 4 heteroatoms. The molecule has 0 bridgehead atoms. The summed E-state index contributed by atoms with van der Waals surface area (Å²) in [6.45, 7) is 0. The van der Waals surface area contributed by atoms with E-state index in [1.165, 1.54) is 7.11 Å². The normalized spacial score (nSPS) is 17.5. The van der Waals surface area contributed by atoms with Crippen LogP contribution in [0.4, 0.5) is 0 Å². The van der Waals surface area contributed by atoms with E-state index >= 15 is 0 Å². The van der Waals surface area contributed by atoms with Gasteiger partial charge >= 0.3 is 5.97 Å². The Bertz CT molecular complexity index is 294. The summed E-state index contributed by atoms with van der Waals surface area (Å²) in [5.41, 5.74) is 6.82. The van der Waals surface area contributed by atoms with E-state index in [0.717, 1.165) is 24.2 Å². The van der Waals surface area contributed by atoms with Gasteiger partial charge in [0.05, 0.1) is 20.0 Å². The highest BCUT2D eigenvalue weighted by molar-refractivity contribution is 5.75. The van der Waals surface area contributed by atoms with E-state index in [2.05, 4.69) is 4.74 Å². The van der Waals surface area contributed by atoms with Crippen molar-refractivity contribution in [2.24, 2.45) is 5.73 Å². The van der Waals surface area contributed by atoms with Gasteiger partial charge in [-0.05, 0) is 18.9 Å². The van der Waals surface area contributed by atoms with E-state index in [1.54, 1.807) is 7.11 Å². The zero-order valence-electron chi connectivity index (χ0n) is 9.16. The van der Waals surface area contributed by atoms with Gasteiger partial charge < -0.3 is 15.2 Å². The van der Waals surface area contributed by atoms with Crippen molar-refractivity contribution in [2.75, 3.05) is 14.2 Å². The molecule has 0 saturated heterocycles. The van der Waals surface area contributed by atoms with Crippen LogP contribution in [0.15, 0.2) is 23.5 Å². The average molecular weight is 211 g/mol. The fourth-order valence-electron chi connectivity index (χ4n) is 1.52. The molecular formula is C11H17NO3. The first-order valence-electron chi connectivity index (χ1n) is 4.93. The van der Waals surface area contributed by atoms with E-state index in [1.807, 2.05) is 12.2 Å². The third kappa shape index (κ3) is 3.40. The Hall–Kier alpha value is -1.29. The van der Waals surface area contributed by atoms with Crippen LogP contribution in [0.5, 0.6) is 0 Å². The standard InChI is InChI=1S/C11H17NO3/c1-14-9-5-3-8(4-6-9)7-10(12)11(13)15-2/h3,5,10H,4,6-7,12H2,1-2H3/t10-/m0/s1. The molecule has 0 aliphatic heterocycles. The smallest absolute Gasteiger partial charge is 0.322 e. The minimum Gasteiger partial charge on any atom is -0.501 e. The predicted molar refractivity (Wildman–Crippen MR) is 57.0 cm³/mol. The van der Waals surface area contributed by atoms with Gasteiger partial charge in [0, 0.05) is 6.42 Å². The molecule has 1 aliphatic carbocycles. The lowest BCUT2D eigenvalue weighted by molar-refractivity contribution is -0.142. The number of carbonyl (C=O) groups excluding carboxylic acids is 1. The molecular weight excluding hydrogens is 194 g/mol. The van der Waals surface area contributed by atoms with Crippen molar-refractivity contribution in [1.29, 1.82) is 0 Å². The first kappa shape index (κ1) is 11.8. The van der Waals surface area contributed by atoms with E-state index in [-0.39, 0.29) is 5.97 Å². The van der Waals surface area contributed by atoms with Gasteiger partial charge in [-0.15, -0.1) is 0 Å². The summed E-state index contributed by atoms with van der Waals surface area (Å²) >= 11 is 0. The molecule has 0 amide bonds. The topological polar surface area (TPSA) is 61.5 Å². The second-order valence-corrected chi connectivity index (χ2v) is 3.50. The van der Waals surface area contributed by atoms with Crippen LogP contribution in [0.25, 0.3) is 0 Å². The highest BCUT2D eigenvalue weighted by atomic mass is 16.5. The molecule has 0 heterocycles. The van der Waals surface area contributed by atoms with Crippen molar-refractivity contribution in [2.45, 2.75) is 25.3 Å². The number of hydrogen-bond acceptors (Lipinski definition) is 4. The van der Waals surface area contributed by atoms with Crippen LogP contribution in [0.2, 0.25) is 0 Å². The number of carbonyl (C=O) groups is 1. The van der Waals surface area contributed by atoms with Crippen LogP contribution < -0.4 is 5.73 Å². The van der Waals surface area contributed by atoms with Crippen molar-refractivity contribution < 1.29 is 14.3 Å². The quantitative estimate of drug-likeness (QED) is 0.708. The Morgan fingerprint density at radius 1 is 1.47 bits per heavy atom. The van der Waals surface area contributed by atoms with Gasteiger partial charge in [0.1, 0.15) is 6.04 Å². The zero-order chi connectivity index (χ0) is 11.3. The summed E-state index contributed by atoms with van der Waals surface area (Å²) in [5.74, 6) is 0.600. The monoisotopic (exact) mass is 211 g/mol. The van der Waals surface area contributed by atoms with Crippen LogP contribution in [-0.4, -0.2) is 26.2 Å². The molecule has 0 aromatic heterocycles. The second kappa shape index (κ2) is 5.56. The number of hydrogen-bond donors (Lipinski definition) is 1. The molecule has 0 fully saturated rings. The Morgan fingerprint density at radius 3 is 2.67 bits per heavy atom. The molecule has 1 aliphatic rings. The first-order chi connectivity index (χ1) is 7.17. The first-order valence-corrected chi connectivity index (χ1v) is 4.93. The molecule has 84 valence electrons. The van der Waals surface area contributed by atoms with E-state index in [4.69, 9.17) is 10.5 Å². The van der Waals surface area contributed by atoms with Gasteiger partial charge in [-0.1, -0.05) is 11.6 Å². The second-order valence-electron chi connectivity index (χ2n) is 3.50. The largest absolute Gasteiger partial charge is 0.501 e. The number of nitrogens with two attached hydrogens (primary N) is 1. The predicted octanol–water partition coefficient (Wildman–Crippen LogP) is 1.13. The van der Waals surface area contributed by atoms with Crippen molar-refractivity contribution in [3.63, 3.8) is 0 Å². The highest BCUT2D eigenvalue weighted by Gasteiger charge is 2.16. The van der Waals surface area contributed by atoms with Gasteiger partial charge in [-0.2, -0.15) is 0 Å². The molecule has 0 saturated carbocycles. The summed E-state index contributed by atoms with van der Waals surface area (Å²) in [7, 11) is 3.01. The molecule has 1 rings (SSSR count). The van der Waals surface area contributed by atoms with Crippen molar-refractivity contribution in [3.05, 3.63) is 23.5 Å². The van der Waals surface area contributed by atoms with E-state index in [9.17, 15) is 4.79 Å². The van der Waals surface area contributed by atoms with Crippen molar-refractivity contribution >= 4 is 5.97 Å². The van der Waals surface area contributed by atoms with Crippen LogP contribution in [0.1, 0.15) is 19.3 Å². The number of esters is 1. The summed E-state index contributed by atoms with van der Waals surface area (Å²) in [5, 5.41) is 0. The maximum absolute atomic E-state index is 11.1. The molecule has 0 unspecified atom stereocenters. The van der Waals surface area contributed by atoms with Gasteiger partial charge in [-0.3, -0.25) is 4.79 Å². The molecule has 0 aromatic carbocycles. The Morgan fingerprint density at radius 2 is 2.20 bits per heavy atom. The lowest BCUT2D eigenvalue weighted by atomic mass is 9.97. The summed E-state index contributed by atoms with van der Waals surface area (Å²) in [6, 6.07) is -0.557. The Balaban J connectivity index is 2.50. The van der Waals surface area contributed by atoms with Gasteiger partial charge in [0.2, 0.25) is 0 Å². The molecule has 0 aromatic rings. The van der Waals surface area contributed by atoms with Crippen molar-refractivity contribution in [1.82, 2.24) is 0 Å². The fraction of sp³-hybridized carbons (Fsp3) is 0.545. The van der Waals surface area contributed by atoms with Crippen LogP contribution >= 0.6 is 0 Å². The maximum Gasteiger partial charge on any atom is 0.322 e. The van der Waals surface area contributed by atoms with Gasteiger partial charge in [-0.25, -0.2) is 0 Å². The SMILES string of the molecule is COC(=O)[C@@H](N)CC1=CC=C(OC)CC1. The Kier molecular flexibility index (Phi) is 4.37. The summed E-state index contributed by atoms with van der Waals surface area (Å²) in [6.07, 6.45) is 6.20. The zero-order valence-corrected chi connectivity index (χ0v) is 9.16. The van der Waals surface area contributed by atoms with Crippen LogP contribution in [-0.2, 0) is 14.3 Å². The fourth-order valence-corrected chi connectivity index (χ4v) is 1.52. The highest BCUT2D eigenvalue weighted by Crippen LogP contribution is 2.21. The lowest BCUT2D eigenvalue weighted by Gasteiger charge is -2.16. The summed E-state index contributed by atoms with van der Waals surface area (Å²) in [4.78, 5) is 11.1. The van der Waals surface area contributed by atoms with Crippen LogP contribution in [0.3, 0.4) is 0 Å². The minimum absolute atomic E-state index is 0.364. The average Bonchev–Trinajstić information content (AvgIpc) is 2.29. The molecule has 2 N–H and O–H groups in total. The van der Waals surface area contributed by atoms with Crippen molar-refractivity contribution in [3.8, 4) is 0 Å². The maximum atomic E-state index is 11.1. The lowest BCUT2D eigenvalue weighted by Crippen LogP contribution is -2.32. The molecule has 4 nitrogen and oxygen atoms in total. The molecule has 15 heavy (non-hydrogen) atoms. The third-order valence-electron chi connectivity index (χ3n) is 2.45. The van der Waals surface area contributed by atoms with E-state index < -0.39 is 6.04 Å². The van der Waals surface area contributed by atoms with Gasteiger partial charge in [0.25, 0.3) is 0 Å². The molecule has 0 spiro atoms.